The van der Waals surface area contributed by atoms with Crippen LogP contribution in [0.15, 0.2) is 24.3 Å². The quantitative estimate of drug-likeness (QED) is 0.695. The fourth-order valence-corrected chi connectivity index (χ4v) is 2.45. The zero-order valence-corrected chi connectivity index (χ0v) is 9.10. The van der Waals surface area contributed by atoms with Crippen LogP contribution in [0.25, 0.3) is 0 Å². The average Bonchev–Trinajstić information content (AvgIpc) is 2.87. The SMILES string of the molecule is O=C1[C@@H]2CCCN2C(=O)N1c1ccc(F)cc1. The third-order valence-electron chi connectivity index (χ3n) is 3.28. The highest BCUT2D eigenvalue weighted by molar-refractivity contribution is 6.21. The molecule has 0 bridgehead atoms. The van der Waals surface area contributed by atoms with Crippen LogP contribution in [-0.4, -0.2) is 29.4 Å². The Bertz CT molecular complexity index is 464. The molecule has 3 rings (SSSR count). The van der Waals surface area contributed by atoms with Gasteiger partial charge in [0.1, 0.15) is 11.9 Å². The molecule has 0 aliphatic carbocycles. The van der Waals surface area contributed by atoms with E-state index < -0.39 is 0 Å². The van der Waals surface area contributed by atoms with Gasteiger partial charge in [-0.05, 0) is 37.1 Å². The molecule has 3 amide bonds. The van der Waals surface area contributed by atoms with Crippen molar-refractivity contribution in [1.82, 2.24) is 4.90 Å². The molecule has 0 radical (unpaired) electrons. The molecule has 1 atom stereocenters. The van der Waals surface area contributed by atoms with E-state index in [1.807, 2.05) is 0 Å². The van der Waals surface area contributed by atoms with Gasteiger partial charge in [-0.25, -0.2) is 14.1 Å². The topological polar surface area (TPSA) is 40.6 Å². The molecule has 2 fully saturated rings. The second-order valence-corrected chi connectivity index (χ2v) is 4.28. The van der Waals surface area contributed by atoms with Crippen LogP contribution in [0, 0.1) is 5.82 Å². The maximum absolute atomic E-state index is 12.8. The van der Waals surface area contributed by atoms with E-state index in [9.17, 15) is 14.0 Å². The molecule has 2 saturated heterocycles. The monoisotopic (exact) mass is 234 g/mol. The molecule has 0 unspecified atom stereocenters. The third-order valence-corrected chi connectivity index (χ3v) is 3.28. The number of imide groups is 1. The predicted molar refractivity (Wildman–Crippen MR) is 59.0 cm³/mol. The van der Waals surface area contributed by atoms with Crippen LogP contribution in [0.3, 0.4) is 0 Å². The number of hydrogen-bond donors (Lipinski definition) is 0. The molecular formula is C12H11FN2O2. The van der Waals surface area contributed by atoms with E-state index in [0.717, 1.165) is 17.7 Å². The Balaban J connectivity index is 1.96. The van der Waals surface area contributed by atoms with Gasteiger partial charge in [-0.2, -0.15) is 0 Å². The van der Waals surface area contributed by atoms with E-state index >= 15 is 0 Å². The van der Waals surface area contributed by atoms with Crippen molar-refractivity contribution in [2.24, 2.45) is 0 Å². The van der Waals surface area contributed by atoms with E-state index in [-0.39, 0.29) is 23.8 Å². The molecular weight excluding hydrogens is 223 g/mol. The Labute approximate surface area is 97.6 Å². The molecule has 0 spiro atoms. The number of anilines is 1. The number of rotatable bonds is 1. The van der Waals surface area contributed by atoms with Crippen molar-refractivity contribution in [2.75, 3.05) is 11.4 Å². The summed E-state index contributed by atoms with van der Waals surface area (Å²) in [6.45, 7) is 0.632. The zero-order chi connectivity index (χ0) is 12.0. The average molecular weight is 234 g/mol. The molecule has 0 saturated carbocycles. The van der Waals surface area contributed by atoms with Crippen LogP contribution in [-0.2, 0) is 4.79 Å². The Morgan fingerprint density at radius 1 is 1.18 bits per heavy atom. The lowest BCUT2D eigenvalue weighted by atomic mass is 10.2. The van der Waals surface area contributed by atoms with Gasteiger partial charge in [0.25, 0.3) is 5.91 Å². The van der Waals surface area contributed by atoms with Gasteiger partial charge < -0.3 is 4.90 Å². The van der Waals surface area contributed by atoms with Crippen molar-refractivity contribution in [3.05, 3.63) is 30.1 Å². The summed E-state index contributed by atoms with van der Waals surface area (Å²) in [6.07, 6.45) is 1.60. The van der Waals surface area contributed by atoms with Crippen LogP contribution in [0.5, 0.6) is 0 Å². The van der Waals surface area contributed by atoms with Crippen molar-refractivity contribution in [1.29, 1.82) is 0 Å². The van der Waals surface area contributed by atoms with E-state index in [1.54, 1.807) is 4.90 Å². The van der Waals surface area contributed by atoms with Gasteiger partial charge in [-0.1, -0.05) is 0 Å². The molecule has 17 heavy (non-hydrogen) atoms. The molecule has 2 aliphatic heterocycles. The van der Waals surface area contributed by atoms with Crippen LogP contribution in [0.4, 0.5) is 14.9 Å². The second kappa shape index (κ2) is 3.55. The van der Waals surface area contributed by atoms with Crippen molar-refractivity contribution < 1.29 is 14.0 Å². The van der Waals surface area contributed by atoms with Gasteiger partial charge in [0, 0.05) is 6.54 Å². The van der Waals surface area contributed by atoms with Gasteiger partial charge in [0.05, 0.1) is 5.69 Å². The summed E-state index contributed by atoms with van der Waals surface area (Å²) in [5, 5.41) is 0. The highest BCUT2D eigenvalue weighted by Gasteiger charge is 2.47. The predicted octanol–water partition coefficient (Wildman–Crippen LogP) is 1.76. The molecule has 2 heterocycles. The number of carbonyl (C=O) groups is 2. The van der Waals surface area contributed by atoms with E-state index in [2.05, 4.69) is 0 Å². The zero-order valence-electron chi connectivity index (χ0n) is 9.10. The Hall–Kier alpha value is -1.91. The molecule has 0 N–H and O–H groups in total. The van der Waals surface area contributed by atoms with Crippen molar-refractivity contribution in [3.63, 3.8) is 0 Å². The number of urea groups is 1. The molecule has 88 valence electrons. The van der Waals surface area contributed by atoms with Crippen molar-refractivity contribution in [2.45, 2.75) is 18.9 Å². The number of carbonyl (C=O) groups excluding carboxylic acids is 2. The first-order valence-electron chi connectivity index (χ1n) is 5.58. The first kappa shape index (κ1) is 10.3. The molecule has 0 aromatic heterocycles. The number of nitrogens with zero attached hydrogens (tertiary/aromatic N) is 2. The number of benzene rings is 1. The first-order chi connectivity index (χ1) is 8.18. The van der Waals surface area contributed by atoms with Gasteiger partial charge >= 0.3 is 6.03 Å². The Morgan fingerprint density at radius 2 is 1.88 bits per heavy atom. The maximum atomic E-state index is 12.8. The summed E-state index contributed by atoms with van der Waals surface area (Å²) >= 11 is 0. The minimum Gasteiger partial charge on any atom is -0.312 e. The Morgan fingerprint density at radius 3 is 2.53 bits per heavy atom. The largest absolute Gasteiger partial charge is 0.332 e. The van der Waals surface area contributed by atoms with Crippen molar-refractivity contribution >= 4 is 17.6 Å². The van der Waals surface area contributed by atoms with Gasteiger partial charge in [0.15, 0.2) is 0 Å². The second-order valence-electron chi connectivity index (χ2n) is 4.28. The smallest absolute Gasteiger partial charge is 0.312 e. The summed E-state index contributed by atoms with van der Waals surface area (Å²) in [7, 11) is 0. The molecule has 2 aliphatic rings. The van der Waals surface area contributed by atoms with Crippen molar-refractivity contribution in [3.8, 4) is 0 Å². The summed E-state index contributed by atoms with van der Waals surface area (Å²) < 4.78 is 12.8. The van der Waals surface area contributed by atoms with E-state index in [1.165, 1.54) is 24.3 Å². The minimum absolute atomic E-state index is 0.195. The highest BCUT2D eigenvalue weighted by atomic mass is 19.1. The van der Waals surface area contributed by atoms with Crippen LogP contribution in [0.2, 0.25) is 0 Å². The third kappa shape index (κ3) is 1.42. The lowest BCUT2D eigenvalue weighted by Crippen LogP contribution is -2.32. The summed E-state index contributed by atoms with van der Waals surface area (Å²) in [5.41, 5.74) is 0.441. The van der Waals surface area contributed by atoms with Crippen LogP contribution in [0.1, 0.15) is 12.8 Å². The lowest BCUT2D eigenvalue weighted by Gasteiger charge is -2.15. The summed E-state index contributed by atoms with van der Waals surface area (Å²) in [5.74, 6) is -0.576. The van der Waals surface area contributed by atoms with Crippen LogP contribution >= 0.6 is 0 Å². The first-order valence-corrected chi connectivity index (χ1v) is 5.58. The standard InChI is InChI=1S/C12H11FN2O2/c13-8-3-5-9(6-4-8)15-11(16)10-2-1-7-14(10)12(15)17/h3-6,10H,1-2,7H2/t10-/m0/s1. The minimum atomic E-state index is -0.381. The summed E-state index contributed by atoms with van der Waals surface area (Å²) in [6, 6.07) is 4.80. The number of hydrogen-bond acceptors (Lipinski definition) is 2. The Kier molecular flexibility index (Phi) is 2.14. The molecule has 1 aromatic carbocycles. The van der Waals surface area contributed by atoms with Gasteiger partial charge in [0.2, 0.25) is 0 Å². The maximum Gasteiger partial charge on any atom is 0.332 e. The molecule has 5 heteroatoms. The number of amides is 3. The van der Waals surface area contributed by atoms with E-state index in [0.29, 0.717) is 12.2 Å². The summed E-state index contributed by atoms with van der Waals surface area (Å²) in [4.78, 5) is 26.8. The lowest BCUT2D eigenvalue weighted by molar-refractivity contribution is -0.119. The van der Waals surface area contributed by atoms with Crippen LogP contribution < -0.4 is 4.90 Å². The number of halogens is 1. The number of fused-ring (bicyclic) bond motifs is 1. The highest BCUT2D eigenvalue weighted by Crippen LogP contribution is 2.31. The fraction of sp³-hybridized carbons (Fsp3) is 0.333. The molecule has 4 nitrogen and oxygen atoms in total. The van der Waals surface area contributed by atoms with Gasteiger partial charge in [-0.15, -0.1) is 0 Å². The van der Waals surface area contributed by atoms with Gasteiger partial charge in [-0.3, -0.25) is 4.79 Å². The fourth-order valence-electron chi connectivity index (χ4n) is 2.45. The normalized spacial score (nSPS) is 23.5. The van der Waals surface area contributed by atoms with E-state index in [4.69, 9.17) is 0 Å². The molecule has 1 aromatic rings.